The lowest BCUT2D eigenvalue weighted by Gasteiger charge is -2.32. The molecule has 5 amide bonds. The van der Waals surface area contributed by atoms with Crippen molar-refractivity contribution in [3.63, 3.8) is 0 Å². The van der Waals surface area contributed by atoms with Gasteiger partial charge < -0.3 is 68.9 Å². The topological polar surface area (TPSA) is 325 Å². The minimum Gasteiger partial charge on any atom is -0.481 e. The first kappa shape index (κ1) is 92.5. The molecule has 0 saturated carbocycles. The van der Waals surface area contributed by atoms with Gasteiger partial charge in [0.05, 0.1) is 50.9 Å². The van der Waals surface area contributed by atoms with E-state index in [2.05, 4.69) is 26.6 Å². The first-order valence-electron chi connectivity index (χ1n) is 40.0. The Morgan fingerprint density at radius 3 is 1.05 bits per heavy atom. The molecule has 0 unspecified atom stereocenters. The number of nitrogens with one attached hydrogen (secondary N) is 5. The summed E-state index contributed by atoms with van der Waals surface area (Å²) < 4.78 is 111. The number of rotatable bonds is 42. The van der Waals surface area contributed by atoms with Crippen molar-refractivity contribution in [3.8, 4) is 0 Å². The van der Waals surface area contributed by atoms with Gasteiger partial charge in [-0.15, -0.1) is 0 Å². The van der Waals surface area contributed by atoms with Gasteiger partial charge in [-0.2, -0.15) is 0 Å². The van der Waals surface area contributed by atoms with E-state index in [1.165, 1.54) is 48.5 Å². The van der Waals surface area contributed by atoms with Crippen LogP contribution in [0.3, 0.4) is 0 Å². The van der Waals surface area contributed by atoms with Crippen molar-refractivity contribution in [3.05, 3.63) is 118 Å². The van der Waals surface area contributed by atoms with E-state index in [0.29, 0.717) is 44.9 Å². The lowest BCUT2D eigenvalue weighted by molar-refractivity contribution is -0.137. The van der Waals surface area contributed by atoms with E-state index in [9.17, 15) is 53.1 Å². The molecule has 4 aromatic carbocycles. The molecule has 0 radical (unpaired) electrons. The molecule has 0 bridgehead atoms. The molecular formula is C83H113B4F4N5O19. The molecule has 24 nitrogen and oxygen atoms in total. The molecule has 115 heavy (non-hydrogen) atoms. The predicted molar refractivity (Wildman–Crippen MR) is 427 cm³/mol. The first-order chi connectivity index (χ1) is 53.6. The molecule has 4 saturated heterocycles. The Morgan fingerprint density at radius 2 is 0.678 bits per heavy atom. The van der Waals surface area contributed by atoms with E-state index in [1.54, 1.807) is 0 Å². The fraction of sp³-hybridized carbons (Fsp3) is 0.590. The van der Waals surface area contributed by atoms with Crippen LogP contribution < -0.4 is 48.4 Å². The summed E-state index contributed by atoms with van der Waals surface area (Å²) in [6, 6.07) is 14.9. The fourth-order valence-corrected chi connectivity index (χ4v) is 13.4. The monoisotopic (exact) mass is 1600 g/mol. The van der Waals surface area contributed by atoms with Crippen LogP contribution in [-0.2, 0) is 66.0 Å². The fourth-order valence-electron chi connectivity index (χ4n) is 13.4. The van der Waals surface area contributed by atoms with Gasteiger partial charge in [-0.05, 0) is 192 Å². The Kier molecular flexibility index (Phi) is 31.1. The van der Waals surface area contributed by atoms with Gasteiger partial charge in [0, 0.05) is 127 Å². The molecule has 4 fully saturated rings. The number of Topliss-reactive ketones (excluding diaryl/α,β-unsaturated/α-hetero) is 4. The smallest absolute Gasteiger partial charge is 0.481 e. The Hall–Kier alpha value is -7.96. The van der Waals surface area contributed by atoms with Gasteiger partial charge in [0.25, 0.3) is 5.91 Å². The normalized spacial score (nSPS) is 18.6. The number of benzene rings is 4. The highest BCUT2D eigenvalue weighted by molar-refractivity contribution is 6.63. The van der Waals surface area contributed by atoms with Crippen LogP contribution in [0.15, 0.2) is 72.8 Å². The van der Waals surface area contributed by atoms with E-state index >= 15 is 17.6 Å². The second-order valence-electron chi connectivity index (χ2n) is 34.5. The molecule has 4 aliphatic heterocycles. The van der Waals surface area contributed by atoms with E-state index in [-0.39, 0.29) is 147 Å². The molecule has 4 aliphatic rings. The average Bonchev–Trinajstić information content (AvgIpc) is 1.64. The first-order valence-corrected chi connectivity index (χ1v) is 40.0. The Balaban J connectivity index is 0.819. The summed E-state index contributed by atoms with van der Waals surface area (Å²) in [5.41, 5.74) is -5.19. The Morgan fingerprint density at radius 1 is 0.348 bits per heavy atom. The minimum absolute atomic E-state index is 0.00516. The third kappa shape index (κ3) is 24.1. The molecular weight excluding hydrogens is 1490 g/mol. The van der Waals surface area contributed by atoms with Crippen LogP contribution in [0.1, 0.15) is 268 Å². The van der Waals surface area contributed by atoms with Gasteiger partial charge >= 0.3 is 34.4 Å². The number of aliphatic carboxylic acids is 1. The number of halogens is 4. The van der Waals surface area contributed by atoms with Crippen LogP contribution in [0.2, 0.25) is 0 Å². The van der Waals surface area contributed by atoms with Gasteiger partial charge in [-0.3, -0.25) is 47.9 Å². The second kappa shape index (κ2) is 38.6. The van der Waals surface area contributed by atoms with Crippen LogP contribution in [-0.4, -0.2) is 169 Å². The van der Waals surface area contributed by atoms with Crippen LogP contribution in [0.5, 0.6) is 0 Å². The summed E-state index contributed by atoms with van der Waals surface area (Å²) in [5.74, 6) is -10.5. The summed E-state index contributed by atoms with van der Waals surface area (Å²) in [4.78, 5) is 134. The zero-order chi connectivity index (χ0) is 85.0. The SMILES string of the molecule is CC1(C)OB(c2ccc(C(=O)CCCCC[C@H](CC(=O)c3ccc(B4OC(C)(C)C(C)(C)O4)c(F)c3)C(=O)NCCC(=O)NCCCC[C@H](NC(=O)CCNC(=O)[C@H](CCCCNC(=O)c3ccc(B4OC(C)(C)C(C)(C)O4)c(F)c3)CC(=O)c3ccc(B4OC(C)(C)C(C)(C)O4)c(F)c3)C(=O)CCCC(=O)O)cc2F)OC1(C)C. The quantitative estimate of drug-likeness (QED) is 0.0104. The molecule has 0 aliphatic carbocycles. The van der Waals surface area contributed by atoms with Crippen molar-refractivity contribution >= 4 is 109 Å². The molecule has 624 valence electrons. The average molecular weight is 1600 g/mol. The van der Waals surface area contributed by atoms with Crippen molar-refractivity contribution in [2.75, 3.05) is 26.2 Å². The van der Waals surface area contributed by atoms with E-state index in [0.717, 1.165) is 24.3 Å². The number of carbonyl (C=O) groups is 10. The summed E-state index contributed by atoms with van der Waals surface area (Å²) in [6.45, 7) is 29.2. The van der Waals surface area contributed by atoms with Crippen LogP contribution in [0.4, 0.5) is 17.6 Å². The number of hydrogen-bond acceptors (Lipinski definition) is 18. The molecule has 3 atom stereocenters. The van der Waals surface area contributed by atoms with Gasteiger partial charge in [-0.25, -0.2) is 17.6 Å². The molecule has 8 rings (SSSR count). The third-order valence-electron chi connectivity index (χ3n) is 23.7. The van der Waals surface area contributed by atoms with Gasteiger partial charge in [0.1, 0.15) is 23.3 Å². The number of hydrogen-bond donors (Lipinski definition) is 6. The minimum atomic E-state index is -1.12. The molecule has 0 spiro atoms. The second-order valence-corrected chi connectivity index (χ2v) is 34.5. The number of carboxylic acid groups (broad SMARTS) is 1. The third-order valence-corrected chi connectivity index (χ3v) is 23.7. The van der Waals surface area contributed by atoms with E-state index < -0.39 is 167 Å². The van der Waals surface area contributed by atoms with Crippen LogP contribution >= 0.6 is 0 Å². The number of ketones is 4. The predicted octanol–water partition coefficient (Wildman–Crippen LogP) is 9.56. The van der Waals surface area contributed by atoms with Crippen molar-refractivity contribution in [1.29, 1.82) is 0 Å². The zero-order valence-corrected chi connectivity index (χ0v) is 69.3. The van der Waals surface area contributed by atoms with Gasteiger partial charge in [0.15, 0.2) is 23.1 Å². The molecule has 6 N–H and O–H groups in total. The van der Waals surface area contributed by atoms with Crippen LogP contribution in [0.25, 0.3) is 0 Å². The van der Waals surface area contributed by atoms with Crippen molar-refractivity contribution in [2.24, 2.45) is 11.8 Å². The van der Waals surface area contributed by atoms with Crippen molar-refractivity contribution in [1.82, 2.24) is 26.6 Å². The number of carboxylic acids is 1. The van der Waals surface area contributed by atoms with Gasteiger partial charge in [-0.1, -0.05) is 61.7 Å². The largest absolute Gasteiger partial charge is 0.497 e. The summed E-state index contributed by atoms with van der Waals surface area (Å²) >= 11 is 0. The summed E-state index contributed by atoms with van der Waals surface area (Å²) in [5, 5.41) is 23.0. The molecule has 4 aromatic rings. The van der Waals surface area contributed by atoms with Crippen molar-refractivity contribution in [2.45, 2.75) is 277 Å². The van der Waals surface area contributed by atoms with E-state index in [1.807, 2.05) is 111 Å². The highest BCUT2D eigenvalue weighted by Gasteiger charge is 2.56. The molecule has 4 heterocycles. The van der Waals surface area contributed by atoms with Crippen LogP contribution in [0, 0.1) is 35.1 Å². The Labute approximate surface area is 673 Å². The zero-order valence-electron chi connectivity index (χ0n) is 69.3. The lowest BCUT2D eigenvalue weighted by Crippen LogP contribution is -2.42. The maximum Gasteiger partial charge on any atom is 0.497 e. The number of carbonyl (C=O) groups excluding carboxylic acids is 9. The van der Waals surface area contributed by atoms with Gasteiger partial charge in [0.2, 0.25) is 23.6 Å². The molecule has 0 aromatic heterocycles. The van der Waals surface area contributed by atoms with Crippen molar-refractivity contribution < 1.29 is 108 Å². The number of unbranched alkanes of at least 4 members (excludes halogenated alkanes) is 4. The highest BCUT2D eigenvalue weighted by atomic mass is 19.1. The standard InChI is InChI=1S/C83H113B4F4N5O19/c1-76(2)77(3,4)109-84(108-76)57-35-31-51(45-61(57)88)66(97)28-19-17-18-25-54(49-68(99)52-32-36-58(62(89)46-52)85-110-78(5,6)79(7,8)111-85)73(105)94-43-39-70(101)92-41-23-21-27-65(67(98)29-24-30-72(103)104)96-71(102)40-44-95-74(106)55(50-69(100)53-33-37-59(63(90)47-53)86-112-80(9,10)81(11,12)113-86)26-20-22-42-93-75(107)56-34-38-60(64(91)48-56)87-114-82(13,14)83(15,16)115-87/h31-38,45-48,54-55,65H,17-30,39-44,49-50H2,1-16H3,(H,92,101)(H,93,107)(H,94,105)(H,95,106)(H,96,102)(H,103,104)/t54-,55-,65+/m1/s1. The summed E-state index contributed by atoms with van der Waals surface area (Å²) in [7, 11) is -4.02. The maximum atomic E-state index is 15.8. The number of amides is 5. The summed E-state index contributed by atoms with van der Waals surface area (Å²) in [6.07, 6.45) is 1.27. The molecule has 32 heteroatoms. The lowest BCUT2D eigenvalue weighted by atomic mass is 9.78. The maximum absolute atomic E-state index is 15.8. The highest BCUT2D eigenvalue weighted by Crippen LogP contribution is 2.41. The van der Waals surface area contributed by atoms with E-state index in [4.69, 9.17) is 37.2 Å². The Bertz CT molecular complexity index is 4170.